The highest BCUT2D eigenvalue weighted by Crippen LogP contribution is 2.20. The van der Waals surface area contributed by atoms with Crippen molar-refractivity contribution in [2.45, 2.75) is 69.1 Å². The molecule has 0 aromatic carbocycles. The Morgan fingerprint density at radius 1 is 1.06 bits per heavy atom. The summed E-state index contributed by atoms with van der Waals surface area (Å²) in [5, 5.41) is 23.4. The van der Waals surface area contributed by atoms with Crippen LogP contribution in [0.5, 0.6) is 0 Å². The standard InChI is InChI=1S/C21H37N7O7S/c1-36-11-8-14(19(33)28-10-3-5-15(28)20(34)35)27-18(32)13(4-2-9-25-21(23)24)26-17(31)12(22)6-7-16(29)30/h12-15H,2-11,22H2,1H3,(H,26,31)(H,27,32)(H,29,30)(H,34,35)(H4,23,24,25). The molecule has 0 spiro atoms. The van der Waals surface area contributed by atoms with Crippen LogP contribution >= 0.6 is 11.8 Å². The molecule has 36 heavy (non-hydrogen) atoms. The number of carboxylic acids is 2. The molecule has 14 nitrogen and oxygen atoms in total. The number of carbonyl (C=O) groups is 5. The van der Waals surface area contributed by atoms with Crippen molar-refractivity contribution in [2.24, 2.45) is 22.2 Å². The van der Waals surface area contributed by atoms with Gasteiger partial charge in [-0.3, -0.25) is 24.2 Å². The summed E-state index contributed by atoms with van der Waals surface area (Å²) in [4.78, 5) is 66.3. The summed E-state index contributed by atoms with van der Waals surface area (Å²) in [5.41, 5.74) is 16.4. The van der Waals surface area contributed by atoms with Crippen molar-refractivity contribution in [3.05, 3.63) is 0 Å². The molecule has 1 aliphatic rings. The lowest BCUT2D eigenvalue weighted by atomic mass is 10.1. The zero-order chi connectivity index (χ0) is 27.3. The quantitative estimate of drug-likeness (QED) is 0.0654. The average Bonchev–Trinajstić information content (AvgIpc) is 3.31. The maximum absolute atomic E-state index is 13.2. The van der Waals surface area contributed by atoms with Gasteiger partial charge in [0.1, 0.15) is 18.1 Å². The summed E-state index contributed by atoms with van der Waals surface area (Å²) in [6.45, 7) is 0.467. The summed E-state index contributed by atoms with van der Waals surface area (Å²) < 4.78 is 0. The fourth-order valence-corrected chi connectivity index (χ4v) is 4.19. The monoisotopic (exact) mass is 531 g/mol. The topological polar surface area (TPSA) is 244 Å². The predicted octanol–water partition coefficient (Wildman–Crippen LogP) is -1.97. The van der Waals surface area contributed by atoms with E-state index in [9.17, 15) is 29.1 Å². The Balaban J connectivity index is 2.99. The van der Waals surface area contributed by atoms with Crippen molar-refractivity contribution in [1.82, 2.24) is 15.5 Å². The Bertz CT molecular complexity index is 822. The average molecular weight is 532 g/mol. The number of carboxylic acid groups (broad SMARTS) is 2. The minimum atomic E-state index is -1.15. The molecule has 0 saturated carbocycles. The molecule has 0 aliphatic carbocycles. The number of likely N-dealkylation sites (tertiary alicyclic amines) is 1. The van der Waals surface area contributed by atoms with Gasteiger partial charge in [-0.05, 0) is 50.5 Å². The lowest BCUT2D eigenvalue weighted by Crippen LogP contribution is -2.57. The van der Waals surface area contributed by atoms with Gasteiger partial charge in [-0.25, -0.2) is 4.79 Å². The molecule has 4 atom stereocenters. The Kier molecular flexibility index (Phi) is 13.6. The number of hydrogen-bond donors (Lipinski definition) is 7. The van der Waals surface area contributed by atoms with Gasteiger partial charge in [0.2, 0.25) is 17.7 Å². The first kappa shape index (κ1) is 31.0. The first-order chi connectivity index (χ1) is 17.0. The van der Waals surface area contributed by atoms with Gasteiger partial charge in [-0.1, -0.05) is 0 Å². The maximum atomic E-state index is 13.2. The first-order valence-electron chi connectivity index (χ1n) is 11.6. The summed E-state index contributed by atoms with van der Waals surface area (Å²) in [5.74, 6) is -3.66. The van der Waals surface area contributed by atoms with Crippen LogP contribution in [0.4, 0.5) is 0 Å². The van der Waals surface area contributed by atoms with Crippen molar-refractivity contribution >= 4 is 47.4 Å². The van der Waals surface area contributed by atoms with Crippen LogP contribution in [0.25, 0.3) is 0 Å². The van der Waals surface area contributed by atoms with E-state index in [-0.39, 0.29) is 44.7 Å². The fourth-order valence-electron chi connectivity index (χ4n) is 3.71. The summed E-state index contributed by atoms with van der Waals surface area (Å²) in [6.07, 6.45) is 2.98. The van der Waals surface area contributed by atoms with E-state index >= 15 is 0 Å². The lowest BCUT2D eigenvalue weighted by molar-refractivity contribution is -0.149. The predicted molar refractivity (Wildman–Crippen MR) is 134 cm³/mol. The summed E-state index contributed by atoms with van der Waals surface area (Å²) in [6, 6.07) is -4.18. The normalized spacial score (nSPS) is 17.5. The SMILES string of the molecule is CSCCC(NC(=O)C(CCCN=C(N)N)NC(=O)C(N)CCC(=O)O)C(=O)N1CCCC1C(=O)O. The van der Waals surface area contributed by atoms with E-state index in [4.69, 9.17) is 22.3 Å². The highest BCUT2D eigenvalue weighted by atomic mass is 32.2. The number of carbonyl (C=O) groups excluding carboxylic acids is 3. The van der Waals surface area contributed by atoms with Crippen LogP contribution in [0.2, 0.25) is 0 Å². The van der Waals surface area contributed by atoms with E-state index in [1.807, 2.05) is 6.26 Å². The van der Waals surface area contributed by atoms with Gasteiger partial charge in [0, 0.05) is 19.5 Å². The van der Waals surface area contributed by atoms with Gasteiger partial charge in [-0.2, -0.15) is 11.8 Å². The third-order valence-electron chi connectivity index (χ3n) is 5.63. The molecule has 1 rings (SSSR count). The Morgan fingerprint density at radius 2 is 1.72 bits per heavy atom. The number of nitrogens with two attached hydrogens (primary N) is 3. The molecule has 1 heterocycles. The molecule has 10 N–H and O–H groups in total. The van der Waals surface area contributed by atoms with E-state index in [1.54, 1.807) is 0 Å². The van der Waals surface area contributed by atoms with Gasteiger partial charge in [0.15, 0.2) is 5.96 Å². The Morgan fingerprint density at radius 3 is 2.31 bits per heavy atom. The fraction of sp³-hybridized carbons (Fsp3) is 0.714. The van der Waals surface area contributed by atoms with Crippen LogP contribution < -0.4 is 27.8 Å². The molecule has 3 amide bonds. The van der Waals surface area contributed by atoms with Gasteiger partial charge < -0.3 is 42.9 Å². The number of aliphatic imine (C=N–C) groups is 1. The van der Waals surface area contributed by atoms with Crippen molar-refractivity contribution in [2.75, 3.05) is 25.1 Å². The zero-order valence-corrected chi connectivity index (χ0v) is 21.2. The number of nitrogens with one attached hydrogen (secondary N) is 2. The van der Waals surface area contributed by atoms with Gasteiger partial charge >= 0.3 is 11.9 Å². The first-order valence-corrected chi connectivity index (χ1v) is 13.0. The number of rotatable bonds is 16. The van der Waals surface area contributed by atoms with E-state index in [0.29, 0.717) is 25.0 Å². The molecule has 0 aromatic rings. The molecule has 1 saturated heterocycles. The molecular weight excluding hydrogens is 494 g/mol. The van der Waals surface area contributed by atoms with Gasteiger partial charge in [0.05, 0.1) is 6.04 Å². The Labute approximate surface area is 213 Å². The van der Waals surface area contributed by atoms with E-state index in [1.165, 1.54) is 16.7 Å². The molecule has 0 aromatic heterocycles. The molecule has 0 bridgehead atoms. The number of guanidine groups is 1. The van der Waals surface area contributed by atoms with Gasteiger partial charge in [-0.15, -0.1) is 0 Å². The zero-order valence-electron chi connectivity index (χ0n) is 20.4. The van der Waals surface area contributed by atoms with Crippen molar-refractivity contribution in [3.8, 4) is 0 Å². The Hall–Kier alpha value is -3.07. The van der Waals surface area contributed by atoms with E-state index < -0.39 is 53.8 Å². The smallest absolute Gasteiger partial charge is 0.326 e. The van der Waals surface area contributed by atoms with Crippen LogP contribution in [0.1, 0.15) is 44.9 Å². The van der Waals surface area contributed by atoms with Crippen molar-refractivity contribution in [3.63, 3.8) is 0 Å². The molecular formula is C21H37N7O7S. The summed E-state index contributed by atoms with van der Waals surface area (Å²) >= 11 is 1.46. The minimum absolute atomic E-state index is 0.116. The highest BCUT2D eigenvalue weighted by Gasteiger charge is 2.38. The van der Waals surface area contributed by atoms with Crippen LogP contribution in [-0.4, -0.2) is 100.0 Å². The second-order valence-electron chi connectivity index (χ2n) is 8.42. The number of aliphatic carboxylic acids is 2. The van der Waals surface area contributed by atoms with Gasteiger partial charge in [0.25, 0.3) is 0 Å². The van der Waals surface area contributed by atoms with Crippen molar-refractivity contribution < 1.29 is 34.2 Å². The number of thioether (sulfide) groups is 1. The second-order valence-corrected chi connectivity index (χ2v) is 9.41. The molecule has 204 valence electrons. The van der Waals surface area contributed by atoms with E-state index in [2.05, 4.69) is 15.6 Å². The maximum Gasteiger partial charge on any atom is 0.326 e. The molecule has 0 radical (unpaired) electrons. The molecule has 1 fully saturated rings. The number of hydrogen-bond acceptors (Lipinski definition) is 8. The van der Waals surface area contributed by atoms with E-state index in [0.717, 1.165) is 0 Å². The minimum Gasteiger partial charge on any atom is -0.481 e. The van der Waals surface area contributed by atoms with Crippen LogP contribution in [0.15, 0.2) is 4.99 Å². The third kappa shape index (κ3) is 10.7. The molecule has 4 unspecified atom stereocenters. The number of nitrogens with zero attached hydrogens (tertiary/aromatic N) is 2. The largest absolute Gasteiger partial charge is 0.481 e. The second kappa shape index (κ2) is 15.8. The number of amides is 3. The van der Waals surface area contributed by atoms with Crippen LogP contribution in [-0.2, 0) is 24.0 Å². The third-order valence-corrected chi connectivity index (χ3v) is 6.27. The van der Waals surface area contributed by atoms with Crippen LogP contribution in [0, 0.1) is 0 Å². The molecule has 15 heteroatoms. The summed E-state index contributed by atoms with van der Waals surface area (Å²) in [7, 11) is 0. The lowest BCUT2D eigenvalue weighted by Gasteiger charge is -2.29. The highest BCUT2D eigenvalue weighted by molar-refractivity contribution is 7.98. The molecule has 1 aliphatic heterocycles. The van der Waals surface area contributed by atoms with Crippen molar-refractivity contribution in [1.29, 1.82) is 0 Å². The van der Waals surface area contributed by atoms with Crippen LogP contribution in [0.3, 0.4) is 0 Å².